The number of ether oxygens (including phenoxy) is 1. The Morgan fingerprint density at radius 2 is 2.24 bits per heavy atom. The number of hydrogen-bond acceptors (Lipinski definition) is 4. The number of nitrogens with two attached hydrogens (primary N) is 1. The second-order valence-electron chi connectivity index (χ2n) is 5.73. The third-order valence-corrected chi connectivity index (χ3v) is 4.17. The summed E-state index contributed by atoms with van der Waals surface area (Å²) in [5, 5.41) is 2.86. The highest BCUT2D eigenvalue weighted by Crippen LogP contribution is 2.20. The van der Waals surface area contributed by atoms with Crippen LogP contribution in [-0.2, 0) is 9.53 Å². The molecular weight excluding hydrogens is 266 g/mol. The van der Waals surface area contributed by atoms with Gasteiger partial charge in [0.05, 0.1) is 17.5 Å². The van der Waals surface area contributed by atoms with E-state index < -0.39 is 0 Å². The first-order valence-corrected chi connectivity index (χ1v) is 7.49. The second-order valence-corrected chi connectivity index (χ2v) is 5.73. The topological polar surface area (TPSA) is 67.6 Å². The number of nitrogens with zero attached hydrogens (tertiary/aromatic N) is 1. The third-order valence-electron chi connectivity index (χ3n) is 4.17. The maximum Gasteiger partial charge on any atom is 0.225 e. The van der Waals surface area contributed by atoms with Crippen LogP contribution in [0.2, 0.25) is 0 Å². The van der Waals surface area contributed by atoms with E-state index in [1.54, 1.807) is 13.2 Å². The largest absolute Gasteiger partial charge is 0.397 e. The normalized spacial score (nSPS) is 23.0. The summed E-state index contributed by atoms with van der Waals surface area (Å²) < 4.78 is 5.49. The highest BCUT2D eigenvalue weighted by Gasteiger charge is 2.25. The lowest BCUT2D eigenvalue weighted by Gasteiger charge is -2.36. The van der Waals surface area contributed by atoms with Gasteiger partial charge in [-0.15, -0.1) is 0 Å². The number of carbonyl (C=O) groups is 1. The lowest BCUT2D eigenvalue weighted by Crippen LogP contribution is -2.44. The smallest absolute Gasteiger partial charge is 0.225 e. The Bertz CT molecular complexity index is 478. The molecule has 0 aliphatic carbocycles. The Morgan fingerprint density at radius 1 is 1.48 bits per heavy atom. The number of para-hydroxylation sites is 2. The van der Waals surface area contributed by atoms with Crippen molar-refractivity contribution < 1.29 is 9.53 Å². The summed E-state index contributed by atoms with van der Waals surface area (Å²) in [6.45, 7) is 4.90. The van der Waals surface area contributed by atoms with Gasteiger partial charge in [0.25, 0.3) is 0 Å². The number of anilines is 2. The standard InChI is InChI=1S/C16H25N3O2/c1-12-7-9-19(11-15(12)21-2)10-8-16(20)18-14-6-4-3-5-13(14)17/h3-6,12,15H,7-11,17H2,1-2H3,(H,18,20). The molecule has 0 spiro atoms. The molecule has 2 rings (SSSR count). The molecule has 1 aromatic rings. The molecule has 1 aliphatic rings. The van der Waals surface area contributed by atoms with Crippen LogP contribution >= 0.6 is 0 Å². The number of piperidine rings is 1. The number of benzene rings is 1. The van der Waals surface area contributed by atoms with Crippen molar-refractivity contribution in [2.75, 3.05) is 37.8 Å². The average Bonchev–Trinajstić information content (AvgIpc) is 2.49. The molecule has 116 valence electrons. The van der Waals surface area contributed by atoms with E-state index in [1.165, 1.54) is 0 Å². The molecule has 0 saturated carbocycles. The summed E-state index contributed by atoms with van der Waals surface area (Å²) in [7, 11) is 1.76. The quantitative estimate of drug-likeness (QED) is 0.814. The average molecular weight is 291 g/mol. The Morgan fingerprint density at radius 3 is 2.95 bits per heavy atom. The first kappa shape index (κ1) is 15.8. The van der Waals surface area contributed by atoms with Crippen LogP contribution in [0.15, 0.2) is 24.3 Å². The minimum Gasteiger partial charge on any atom is -0.397 e. The first-order valence-electron chi connectivity index (χ1n) is 7.49. The van der Waals surface area contributed by atoms with E-state index in [0.717, 1.165) is 26.1 Å². The van der Waals surface area contributed by atoms with Crippen molar-refractivity contribution >= 4 is 17.3 Å². The zero-order valence-electron chi connectivity index (χ0n) is 12.8. The Hall–Kier alpha value is -1.59. The molecule has 1 heterocycles. The zero-order chi connectivity index (χ0) is 15.2. The minimum atomic E-state index is 0.000453. The summed E-state index contributed by atoms with van der Waals surface area (Å²) in [6, 6.07) is 7.31. The fraction of sp³-hybridized carbons (Fsp3) is 0.562. The Labute approximate surface area is 126 Å². The number of hydrogen-bond donors (Lipinski definition) is 2. The van der Waals surface area contributed by atoms with Crippen LogP contribution in [0.25, 0.3) is 0 Å². The molecule has 2 unspecified atom stereocenters. The molecule has 3 N–H and O–H groups in total. The number of methoxy groups -OCH3 is 1. The number of nitrogens with one attached hydrogen (secondary N) is 1. The minimum absolute atomic E-state index is 0.000453. The number of amides is 1. The van der Waals surface area contributed by atoms with E-state index in [1.807, 2.05) is 18.2 Å². The van der Waals surface area contributed by atoms with Crippen molar-refractivity contribution in [3.8, 4) is 0 Å². The van der Waals surface area contributed by atoms with Gasteiger partial charge in [-0.2, -0.15) is 0 Å². The van der Waals surface area contributed by atoms with Crippen molar-refractivity contribution in [2.24, 2.45) is 5.92 Å². The van der Waals surface area contributed by atoms with Crippen LogP contribution in [-0.4, -0.2) is 43.7 Å². The van der Waals surface area contributed by atoms with Gasteiger partial charge in [0, 0.05) is 26.6 Å². The molecule has 2 atom stereocenters. The fourth-order valence-electron chi connectivity index (χ4n) is 2.69. The van der Waals surface area contributed by atoms with Gasteiger partial charge in [0.1, 0.15) is 0 Å². The van der Waals surface area contributed by atoms with Gasteiger partial charge in [-0.1, -0.05) is 19.1 Å². The second kappa shape index (κ2) is 7.43. The molecular formula is C16H25N3O2. The van der Waals surface area contributed by atoms with Crippen molar-refractivity contribution in [3.63, 3.8) is 0 Å². The van der Waals surface area contributed by atoms with Crippen LogP contribution in [0, 0.1) is 5.92 Å². The van der Waals surface area contributed by atoms with E-state index in [9.17, 15) is 4.79 Å². The highest BCUT2D eigenvalue weighted by atomic mass is 16.5. The summed E-state index contributed by atoms with van der Waals surface area (Å²) in [5.41, 5.74) is 7.10. The molecule has 5 nitrogen and oxygen atoms in total. The lowest BCUT2D eigenvalue weighted by atomic mass is 9.96. The van der Waals surface area contributed by atoms with Gasteiger partial charge in [-0.25, -0.2) is 0 Å². The lowest BCUT2D eigenvalue weighted by molar-refractivity contribution is -0.116. The van der Waals surface area contributed by atoms with Crippen LogP contribution in [0.3, 0.4) is 0 Å². The van der Waals surface area contributed by atoms with Gasteiger partial charge < -0.3 is 20.7 Å². The molecule has 0 radical (unpaired) electrons. The van der Waals surface area contributed by atoms with Crippen molar-refractivity contribution in [1.82, 2.24) is 4.90 Å². The zero-order valence-corrected chi connectivity index (χ0v) is 12.8. The maximum absolute atomic E-state index is 12.0. The molecule has 0 bridgehead atoms. The van der Waals surface area contributed by atoms with Gasteiger partial charge in [0.2, 0.25) is 5.91 Å². The van der Waals surface area contributed by atoms with Crippen molar-refractivity contribution in [3.05, 3.63) is 24.3 Å². The maximum atomic E-state index is 12.0. The van der Waals surface area contributed by atoms with E-state index in [-0.39, 0.29) is 12.0 Å². The van der Waals surface area contributed by atoms with E-state index in [2.05, 4.69) is 17.1 Å². The van der Waals surface area contributed by atoms with Crippen molar-refractivity contribution in [2.45, 2.75) is 25.9 Å². The number of nitrogen functional groups attached to an aromatic ring is 1. The van der Waals surface area contributed by atoms with Crippen LogP contribution in [0.4, 0.5) is 11.4 Å². The molecule has 21 heavy (non-hydrogen) atoms. The van der Waals surface area contributed by atoms with Gasteiger partial charge in [-0.3, -0.25) is 4.79 Å². The third kappa shape index (κ3) is 4.44. The van der Waals surface area contributed by atoms with Gasteiger partial charge in [0.15, 0.2) is 0 Å². The summed E-state index contributed by atoms with van der Waals surface area (Å²) >= 11 is 0. The van der Waals surface area contributed by atoms with Gasteiger partial charge >= 0.3 is 0 Å². The Kier molecular flexibility index (Phi) is 5.59. The van der Waals surface area contributed by atoms with Crippen LogP contribution in [0.1, 0.15) is 19.8 Å². The summed E-state index contributed by atoms with van der Waals surface area (Å²) in [4.78, 5) is 14.3. The first-order chi connectivity index (χ1) is 10.1. The number of carbonyl (C=O) groups excluding carboxylic acids is 1. The predicted octanol–water partition coefficient (Wildman–Crippen LogP) is 1.95. The molecule has 1 saturated heterocycles. The predicted molar refractivity (Wildman–Crippen MR) is 85.1 cm³/mol. The fourth-order valence-corrected chi connectivity index (χ4v) is 2.69. The van der Waals surface area contributed by atoms with Crippen LogP contribution < -0.4 is 11.1 Å². The summed E-state index contributed by atoms with van der Waals surface area (Å²) in [5.74, 6) is 0.588. The van der Waals surface area contributed by atoms with Crippen LogP contribution in [0.5, 0.6) is 0 Å². The van der Waals surface area contributed by atoms with E-state index in [4.69, 9.17) is 10.5 Å². The van der Waals surface area contributed by atoms with Crippen molar-refractivity contribution in [1.29, 1.82) is 0 Å². The molecule has 0 aromatic heterocycles. The number of likely N-dealkylation sites (tertiary alicyclic amines) is 1. The molecule has 5 heteroatoms. The highest BCUT2D eigenvalue weighted by molar-refractivity contribution is 5.93. The Balaban J connectivity index is 1.78. The molecule has 1 fully saturated rings. The number of rotatable bonds is 5. The molecule has 1 amide bonds. The van der Waals surface area contributed by atoms with E-state index in [0.29, 0.717) is 23.7 Å². The van der Waals surface area contributed by atoms with Gasteiger partial charge in [-0.05, 0) is 31.0 Å². The SMILES string of the molecule is COC1CN(CCC(=O)Nc2ccccc2N)CCC1C. The molecule has 1 aliphatic heterocycles. The molecule has 1 aromatic carbocycles. The van der Waals surface area contributed by atoms with E-state index >= 15 is 0 Å². The summed E-state index contributed by atoms with van der Waals surface area (Å²) in [6.07, 6.45) is 1.86. The monoisotopic (exact) mass is 291 g/mol.